The Morgan fingerprint density at radius 1 is 0.804 bits per heavy atom. The summed E-state index contributed by atoms with van der Waals surface area (Å²) in [4.78, 5) is 6.40. The van der Waals surface area contributed by atoms with Gasteiger partial charge in [0.1, 0.15) is 17.0 Å². The second-order valence-corrected chi connectivity index (χ2v) is 15.6. The van der Waals surface area contributed by atoms with Crippen LogP contribution in [0.4, 0.5) is 0 Å². The summed E-state index contributed by atoms with van der Waals surface area (Å²) >= 11 is 1.83. The molecule has 4 nitrogen and oxygen atoms in total. The Hall–Kier alpha value is -6.17. The molecule has 56 heavy (non-hydrogen) atoms. The molecule has 3 N–H and O–H groups in total. The molecule has 0 spiro atoms. The van der Waals surface area contributed by atoms with Crippen LogP contribution in [0.25, 0.3) is 49.9 Å². The topological polar surface area (TPSA) is 75.4 Å². The highest BCUT2D eigenvalue weighted by atomic mass is 32.2. The molecule has 0 bridgehead atoms. The van der Waals surface area contributed by atoms with E-state index in [2.05, 4.69) is 117 Å². The molecule has 0 fully saturated rings. The van der Waals surface area contributed by atoms with E-state index < -0.39 is 0 Å². The molecule has 2 aliphatic carbocycles. The Kier molecular flexibility index (Phi) is 10.7. The smallest absolute Gasteiger partial charge is 0.136 e. The van der Waals surface area contributed by atoms with Crippen LogP contribution in [-0.2, 0) is 13.0 Å². The number of hydrogen-bond donors (Lipinski definition) is 2. The number of nitrogens with one attached hydrogen (secondary N) is 1. The van der Waals surface area contributed by atoms with Gasteiger partial charge in [-0.3, -0.25) is 10.4 Å². The predicted molar refractivity (Wildman–Crippen MR) is 239 cm³/mol. The van der Waals surface area contributed by atoms with Gasteiger partial charge in [0.05, 0.1) is 6.54 Å². The number of nitrogens with two attached hydrogens (primary N) is 1. The molecule has 1 aromatic heterocycles. The van der Waals surface area contributed by atoms with Gasteiger partial charge in [-0.1, -0.05) is 127 Å². The molecule has 1 atom stereocenters. The van der Waals surface area contributed by atoms with Crippen molar-refractivity contribution in [3.63, 3.8) is 0 Å². The number of aryl methyl sites for hydroxylation is 2. The fourth-order valence-electron chi connectivity index (χ4n) is 8.06. The number of nitrogen functional groups attached to an aromatic ring is 1. The number of furan rings is 1. The van der Waals surface area contributed by atoms with Crippen LogP contribution in [0, 0.1) is 19.3 Å². The first-order valence-corrected chi connectivity index (χ1v) is 20.0. The fourth-order valence-corrected chi connectivity index (χ4v) is 9.07. The van der Waals surface area contributed by atoms with Crippen molar-refractivity contribution in [1.29, 1.82) is 5.41 Å². The summed E-state index contributed by atoms with van der Waals surface area (Å²) in [5.74, 6) is 0.700. The van der Waals surface area contributed by atoms with E-state index in [9.17, 15) is 0 Å². The Morgan fingerprint density at radius 3 is 2.38 bits per heavy atom. The zero-order chi connectivity index (χ0) is 38.6. The lowest BCUT2D eigenvalue weighted by Gasteiger charge is -2.30. The first-order valence-electron chi connectivity index (χ1n) is 19.2. The maximum absolute atomic E-state index is 8.03. The minimum absolute atomic E-state index is 0.0615. The van der Waals surface area contributed by atoms with Gasteiger partial charge in [-0.25, -0.2) is 0 Å². The largest absolute Gasteiger partial charge is 0.456 e. The van der Waals surface area contributed by atoms with Crippen LogP contribution < -0.4 is 5.73 Å². The molecule has 1 heterocycles. The van der Waals surface area contributed by atoms with Crippen molar-refractivity contribution in [2.24, 2.45) is 10.7 Å². The molecule has 2 aliphatic rings. The molecule has 0 saturated heterocycles. The third kappa shape index (κ3) is 7.43. The number of rotatable bonds is 6. The average Bonchev–Trinajstić information content (AvgIpc) is 3.61. The number of fused-ring (bicyclic) bond motifs is 3. The zero-order valence-corrected chi connectivity index (χ0v) is 32.7. The van der Waals surface area contributed by atoms with E-state index >= 15 is 0 Å². The van der Waals surface area contributed by atoms with Gasteiger partial charge in [0.15, 0.2) is 0 Å². The Bertz CT molecular complexity index is 2750. The van der Waals surface area contributed by atoms with E-state index in [1.807, 2.05) is 72.4 Å². The summed E-state index contributed by atoms with van der Waals surface area (Å²) in [6.45, 7) is 8.47. The molecule has 8 aromatic rings. The number of aliphatic imine (C=N–C) groups is 1. The first kappa shape index (κ1) is 36.8. The lowest BCUT2D eigenvalue weighted by molar-refractivity contribution is 0.619. The van der Waals surface area contributed by atoms with Crippen LogP contribution >= 0.6 is 11.8 Å². The van der Waals surface area contributed by atoms with Crippen LogP contribution in [0.2, 0.25) is 0 Å². The van der Waals surface area contributed by atoms with Crippen molar-refractivity contribution < 1.29 is 4.42 Å². The number of nitrogens with zero attached hydrogens (tertiary/aromatic N) is 1. The van der Waals surface area contributed by atoms with E-state index in [1.165, 1.54) is 65.9 Å². The van der Waals surface area contributed by atoms with Crippen LogP contribution in [0.1, 0.15) is 57.7 Å². The van der Waals surface area contributed by atoms with Crippen molar-refractivity contribution in [3.05, 3.63) is 185 Å². The average molecular weight is 748 g/mol. The molecular formula is C51H45N3OS. The van der Waals surface area contributed by atoms with Crippen LogP contribution in [0.15, 0.2) is 165 Å². The Balaban J connectivity index is 0.000000152. The third-order valence-corrected chi connectivity index (χ3v) is 12.2. The molecule has 10 rings (SSSR count). The lowest BCUT2D eigenvalue weighted by Crippen LogP contribution is -2.12. The summed E-state index contributed by atoms with van der Waals surface area (Å²) in [6.07, 6.45) is 8.16. The standard InChI is InChI=1S/C29H22N2O.C14H14S.C8H9N/c30-29(31)22-5-2-6-25-28(22)23-15-19(11-14-24(23)32-25)20-12-9-18-8-7-16-3-1-4-17-10-13-21(20)27(18)26(16)17;1-11-7-6-10-14(12(11)2)15-13-8-4-3-5-9-13;1-9-7-8-5-3-2-4-6-8/h1-2,4-6,9-16H,3,7-8H2,(H3,30,31);3-10H,1-2H3;2-6H,1,7H2. The summed E-state index contributed by atoms with van der Waals surface area (Å²) in [5.41, 5.74) is 19.0. The van der Waals surface area contributed by atoms with E-state index in [1.54, 1.807) is 5.56 Å². The highest BCUT2D eigenvalue weighted by molar-refractivity contribution is 7.99. The second kappa shape index (κ2) is 16.3. The number of amidine groups is 1. The normalized spacial score (nSPS) is 13.8. The van der Waals surface area contributed by atoms with Gasteiger partial charge in [0, 0.05) is 26.1 Å². The Labute approximate surface area is 333 Å². The summed E-state index contributed by atoms with van der Waals surface area (Å²) in [7, 11) is 0. The summed E-state index contributed by atoms with van der Waals surface area (Å²) < 4.78 is 6.08. The van der Waals surface area contributed by atoms with E-state index in [0.717, 1.165) is 46.9 Å². The number of hydrogen-bond acceptors (Lipinski definition) is 4. The Morgan fingerprint density at radius 2 is 1.59 bits per heavy atom. The van der Waals surface area contributed by atoms with E-state index in [0.29, 0.717) is 5.92 Å². The van der Waals surface area contributed by atoms with Crippen molar-refractivity contribution in [2.45, 2.75) is 55.4 Å². The van der Waals surface area contributed by atoms with Gasteiger partial charge in [-0.15, -0.1) is 0 Å². The summed E-state index contributed by atoms with van der Waals surface area (Å²) in [6, 6.07) is 48.3. The first-order chi connectivity index (χ1) is 27.4. The molecular weight excluding hydrogens is 703 g/mol. The minimum atomic E-state index is 0.0615. The molecule has 0 amide bonds. The SMILES string of the molecule is C=NCc1ccccc1.Cc1cccc(Sc2ccccc2)c1C.N=C(N)c1cccc2oc3ccc(-c4ccc5c6c7c(ccc46)C=CCC7CC5)cc3c12. The monoisotopic (exact) mass is 747 g/mol. The lowest BCUT2D eigenvalue weighted by atomic mass is 9.74. The zero-order valence-electron chi connectivity index (χ0n) is 31.9. The highest BCUT2D eigenvalue weighted by Gasteiger charge is 2.26. The van der Waals surface area contributed by atoms with Gasteiger partial charge in [-0.05, 0) is 137 Å². The van der Waals surface area contributed by atoms with E-state index in [-0.39, 0.29) is 5.84 Å². The van der Waals surface area contributed by atoms with Crippen LogP contribution in [0.3, 0.4) is 0 Å². The molecule has 7 aromatic carbocycles. The van der Waals surface area contributed by atoms with Gasteiger partial charge < -0.3 is 10.2 Å². The van der Waals surface area contributed by atoms with E-state index in [4.69, 9.17) is 15.6 Å². The van der Waals surface area contributed by atoms with Gasteiger partial charge in [0.2, 0.25) is 0 Å². The number of allylic oxidation sites excluding steroid dienone is 1. The maximum Gasteiger partial charge on any atom is 0.136 e. The minimum Gasteiger partial charge on any atom is -0.456 e. The van der Waals surface area contributed by atoms with Crippen molar-refractivity contribution in [1.82, 2.24) is 0 Å². The molecule has 0 radical (unpaired) electrons. The van der Waals surface area contributed by atoms with Crippen LogP contribution in [0.5, 0.6) is 0 Å². The van der Waals surface area contributed by atoms with Gasteiger partial charge >= 0.3 is 0 Å². The second-order valence-electron chi connectivity index (χ2n) is 14.5. The maximum atomic E-state index is 8.03. The summed E-state index contributed by atoms with van der Waals surface area (Å²) in [5, 5.41) is 12.7. The molecule has 0 saturated carbocycles. The molecule has 276 valence electrons. The molecule has 5 heteroatoms. The highest BCUT2D eigenvalue weighted by Crippen LogP contribution is 2.46. The fraction of sp³-hybridized carbons (Fsp3) is 0.137. The quantitative estimate of drug-likeness (QED) is 0.131. The van der Waals surface area contributed by atoms with Crippen molar-refractivity contribution >= 4 is 63.1 Å². The molecule has 0 aliphatic heterocycles. The van der Waals surface area contributed by atoms with Crippen LogP contribution in [-0.4, -0.2) is 12.6 Å². The molecule has 1 unspecified atom stereocenters. The predicted octanol–water partition coefficient (Wildman–Crippen LogP) is 13.5. The number of benzene rings is 7. The van der Waals surface area contributed by atoms with Crippen molar-refractivity contribution in [3.8, 4) is 11.1 Å². The third-order valence-electron chi connectivity index (χ3n) is 11.0. The van der Waals surface area contributed by atoms with Crippen molar-refractivity contribution in [2.75, 3.05) is 0 Å². The van der Waals surface area contributed by atoms with Gasteiger partial charge in [-0.2, -0.15) is 0 Å². The van der Waals surface area contributed by atoms with Gasteiger partial charge in [0.25, 0.3) is 0 Å².